The minimum Gasteiger partial charge on any atom is -0.431 e. The monoisotopic (exact) mass is 408 g/mol. The van der Waals surface area contributed by atoms with Gasteiger partial charge < -0.3 is 4.74 Å². The number of allylic oxidation sites excluding steroid dienone is 1. The lowest BCUT2D eigenvalue weighted by molar-refractivity contribution is -0.705. The van der Waals surface area contributed by atoms with E-state index in [1.54, 1.807) is 0 Å². The van der Waals surface area contributed by atoms with E-state index in [-0.39, 0.29) is 16.9 Å². The Balaban J connectivity index is 2.12. The molecule has 0 unspecified atom stereocenters. The van der Waals surface area contributed by atoms with Crippen molar-refractivity contribution in [1.82, 2.24) is 9.47 Å². The molecule has 4 nitrogen and oxygen atoms in total. The topological polar surface area (TPSA) is 21.3 Å². The molecule has 2 aliphatic rings. The van der Waals surface area contributed by atoms with Crippen molar-refractivity contribution in [3.05, 3.63) is 53.7 Å². The van der Waals surface area contributed by atoms with Gasteiger partial charge in [-0.15, -0.1) is 0 Å². The van der Waals surface area contributed by atoms with E-state index in [9.17, 15) is 0 Å². The highest BCUT2D eigenvalue weighted by Crippen LogP contribution is 2.54. The van der Waals surface area contributed by atoms with Crippen LogP contribution in [0.4, 0.5) is 0 Å². The Morgan fingerprint density at radius 3 is 2.10 bits per heavy atom. The third kappa shape index (κ3) is 2.75. The molecule has 1 atom stereocenters. The van der Waals surface area contributed by atoms with Crippen LogP contribution < -0.4 is 4.57 Å². The van der Waals surface area contributed by atoms with Crippen LogP contribution >= 0.6 is 0 Å². The van der Waals surface area contributed by atoms with Gasteiger partial charge in [-0.05, 0) is 39.8 Å². The number of nitrogens with zero attached hydrogens (tertiary/aromatic N) is 3. The van der Waals surface area contributed by atoms with Gasteiger partial charge in [-0.3, -0.25) is 4.90 Å². The fourth-order valence-electron chi connectivity index (χ4n) is 4.70. The summed E-state index contributed by atoms with van der Waals surface area (Å²) in [6.07, 6.45) is 4.59. The van der Waals surface area contributed by atoms with Gasteiger partial charge in [0.25, 0.3) is 5.82 Å². The van der Waals surface area contributed by atoms with Gasteiger partial charge in [0.2, 0.25) is 0 Å². The molecule has 0 aliphatic carbocycles. The summed E-state index contributed by atoms with van der Waals surface area (Å²) in [7, 11) is 0. The van der Waals surface area contributed by atoms with Crippen molar-refractivity contribution in [2.24, 2.45) is 5.41 Å². The van der Waals surface area contributed by atoms with Crippen molar-refractivity contribution in [1.29, 1.82) is 0 Å². The molecule has 0 fully saturated rings. The second-order valence-corrected chi connectivity index (χ2v) is 11.4. The summed E-state index contributed by atoms with van der Waals surface area (Å²) in [4.78, 5) is 2.42. The third-order valence-corrected chi connectivity index (χ3v) is 6.26. The second-order valence-electron chi connectivity index (χ2n) is 11.4. The Hall–Kier alpha value is -2.23. The SMILES string of the molecule is CC(C)N1C=C(C(C)(C)C)O[C@@]12c1ccccc1-c1n2c(C(C)(C)C)c[n+]1C(C)C. The predicted molar refractivity (Wildman–Crippen MR) is 122 cm³/mol. The molecule has 0 radical (unpaired) electrons. The van der Waals surface area contributed by atoms with Crippen LogP contribution in [0.1, 0.15) is 86.5 Å². The van der Waals surface area contributed by atoms with Crippen LogP contribution in [0, 0.1) is 5.41 Å². The Labute approximate surface area is 182 Å². The molecule has 2 aromatic rings. The minimum absolute atomic E-state index is 0.0274. The number of aromatic nitrogens is 2. The van der Waals surface area contributed by atoms with E-state index in [2.05, 4.69) is 120 Å². The van der Waals surface area contributed by atoms with Crippen LogP contribution in [-0.4, -0.2) is 15.5 Å². The lowest BCUT2D eigenvalue weighted by Crippen LogP contribution is -2.50. The van der Waals surface area contributed by atoms with Gasteiger partial charge in [-0.1, -0.05) is 53.7 Å². The minimum atomic E-state index is -0.689. The van der Waals surface area contributed by atoms with Gasteiger partial charge in [0.05, 0.1) is 17.2 Å². The molecule has 1 spiro atoms. The summed E-state index contributed by atoms with van der Waals surface area (Å²) in [5.74, 6) is 1.58. The molecule has 30 heavy (non-hydrogen) atoms. The van der Waals surface area contributed by atoms with Crippen molar-refractivity contribution in [3.63, 3.8) is 0 Å². The molecular weight excluding hydrogens is 370 g/mol. The quantitative estimate of drug-likeness (QED) is 0.575. The average molecular weight is 409 g/mol. The Kier molecular flexibility index (Phi) is 4.47. The van der Waals surface area contributed by atoms with Crippen LogP contribution in [0.3, 0.4) is 0 Å². The normalized spacial score (nSPS) is 20.8. The summed E-state index contributed by atoms with van der Waals surface area (Å²) in [6, 6.07) is 9.41. The third-order valence-electron chi connectivity index (χ3n) is 6.26. The molecule has 1 aromatic heterocycles. The van der Waals surface area contributed by atoms with Gasteiger partial charge in [-0.2, -0.15) is 4.57 Å². The first kappa shape index (κ1) is 21.0. The molecule has 4 heteroatoms. The first-order chi connectivity index (χ1) is 13.8. The summed E-state index contributed by atoms with van der Waals surface area (Å²) >= 11 is 0. The van der Waals surface area contributed by atoms with E-state index in [1.807, 2.05) is 0 Å². The number of hydrogen-bond acceptors (Lipinski definition) is 2. The maximum Gasteiger partial charge on any atom is 0.367 e. The van der Waals surface area contributed by atoms with Crippen molar-refractivity contribution in [3.8, 4) is 11.4 Å². The Bertz CT molecular complexity index is 1010. The van der Waals surface area contributed by atoms with Crippen molar-refractivity contribution >= 4 is 0 Å². The molecule has 0 amide bonds. The van der Waals surface area contributed by atoms with Gasteiger partial charge in [0.1, 0.15) is 12.0 Å². The van der Waals surface area contributed by atoms with Crippen LogP contribution in [0.2, 0.25) is 0 Å². The van der Waals surface area contributed by atoms with Crippen molar-refractivity contribution in [2.75, 3.05) is 0 Å². The molecule has 0 saturated heterocycles. The Morgan fingerprint density at radius 2 is 1.57 bits per heavy atom. The smallest absolute Gasteiger partial charge is 0.367 e. The van der Waals surface area contributed by atoms with Gasteiger partial charge in [-0.25, -0.2) is 4.57 Å². The molecule has 0 bridgehead atoms. The van der Waals surface area contributed by atoms with Crippen LogP contribution in [0.25, 0.3) is 11.4 Å². The maximum atomic E-state index is 7.07. The highest BCUT2D eigenvalue weighted by atomic mass is 16.6. The fraction of sp³-hybridized carbons (Fsp3) is 0.577. The van der Waals surface area contributed by atoms with Gasteiger partial charge in [0.15, 0.2) is 5.69 Å². The molecule has 2 aliphatic heterocycles. The number of benzene rings is 1. The number of ether oxygens (including phenoxy) is 1. The summed E-state index contributed by atoms with van der Waals surface area (Å²) < 4.78 is 12.0. The lowest BCUT2D eigenvalue weighted by atomic mass is 9.92. The van der Waals surface area contributed by atoms with Crippen LogP contribution in [-0.2, 0) is 16.0 Å². The summed E-state index contributed by atoms with van der Waals surface area (Å²) in [5.41, 5.74) is 3.68. The van der Waals surface area contributed by atoms with Gasteiger partial charge in [0, 0.05) is 23.1 Å². The van der Waals surface area contributed by atoms with Crippen molar-refractivity contribution in [2.45, 2.75) is 92.6 Å². The zero-order valence-corrected chi connectivity index (χ0v) is 20.4. The fourth-order valence-corrected chi connectivity index (χ4v) is 4.70. The molecule has 0 saturated carbocycles. The number of fused-ring (bicyclic) bond motifs is 5. The van der Waals surface area contributed by atoms with E-state index < -0.39 is 5.85 Å². The molecule has 0 N–H and O–H groups in total. The molecule has 1 aromatic carbocycles. The summed E-state index contributed by atoms with van der Waals surface area (Å²) in [5, 5.41) is 0. The van der Waals surface area contributed by atoms with E-state index in [1.165, 1.54) is 22.6 Å². The van der Waals surface area contributed by atoms with Crippen molar-refractivity contribution < 1.29 is 9.30 Å². The molecular formula is C26H38N3O+. The zero-order valence-electron chi connectivity index (χ0n) is 20.4. The average Bonchev–Trinajstić information content (AvgIpc) is 3.27. The first-order valence-electron chi connectivity index (χ1n) is 11.3. The highest BCUT2D eigenvalue weighted by molar-refractivity contribution is 5.67. The first-order valence-corrected chi connectivity index (χ1v) is 11.3. The molecule has 3 heterocycles. The van der Waals surface area contributed by atoms with E-state index in [0.717, 1.165) is 5.76 Å². The van der Waals surface area contributed by atoms with Crippen LogP contribution in [0.15, 0.2) is 42.4 Å². The second kappa shape index (κ2) is 6.38. The number of hydrogen-bond donors (Lipinski definition) is 0. The van der Waals surface area contributed by atoms with E-state index in [4.69, 9.17) is 4.74 Å². The number of imidazole rings is 1. The standard InChI is InChI=1S/C26H38N3O/c1-17(2)27-15-21(24(5,6)7)29-23(27)19-13-11-12-14-20(19)26(29)28(18(3)4)16-22(30-26)25(8,9)10/h11-18H,1-10H3/q+1/t26-/m0/s1. The Morgan fingerprint density at radius 1 is 0.933 bits per heavy atom. The summed E-state index contributed by atoms with van der Waals surface area (Å²) in [6.45, 7) is 22.6. The predicted octanol–water partition coefficient (Wildman–Crippen LogP) is 5.92. The largest absolute Gasteiger partial charge is 0.431 e. The highest BCUT2D eigenvalue weighted by Gasteiger charge is 2.63. The maximum absolute atomic E-state index is 7.07. The number of rotatable bonds is 2. The van der Waals surface area contributed by atoms with E-state index in [0.29, 0.717) is 6.04 Å². The molecule has 4 rings (SSSR count). The lowest BCUT2D eigenvalue weighted by Gasteiger charge is -2.37. The van der Waals surface area contributed by atoms with Crippen LogP contribution in [0.5, 0.6) is 0 Å². The zero-order chi connectivity index (χ0) is 22.2. The van der Waals surface area contributed by atoms with E-state index >= 15 is 0 Å². The molecule has 162 valence electrons. The van der Waals surface area contributed by atoms with Gasteiger partial charge >= 0.3 is 5.85 Å².